The second-order valence-electron chi connectivity index (χ2n) is 6.75. The number of ether oxygens (including phenoxy) is 2. The molecule has 1 aliphatic rings. The Balaban J connectivity index is 1.96. The maximum Gasteiger partial charge on any atom is 0.260 e. The Morgan fingerprint density at radius 2 is 1.56 bits per heavy atom. The Kier molecular flexibility index (Phi) is 4.15. The van der Waals surface area contributed by atoms with Crippen molar-refractivity contribution in [1.82, 2.24) is 4.57 Å². The van der Waals surface area contributed by atoms with E-state index in [9.17, 15) is 4.79 Å². The van der Waals surface area contributed by atoms with Crippen LogP contribution in [0.2, 0.25) is 0 Å². The van der Waals surface area contributed by atoms with Crippen LogP contribution in [0.25, 0.3) is 5.69 Å². The van der Waals surface area contributed by atoms with E-state index in [4.69, 9.17) is 9.47 Å². The van der Waals surface area contributed by atoms with Gasteiger partial charge < -0.3 is 18.9 Å². The first kappa shape index (κ1) is 17.2. The third-order valence-corrected chi connectivity index (χ3v) is 5.04. The summed E-state index contributed by atoms with van der Waals surface area (Å²) in [4.78, 5) is 15.3. The minimum absolute atomic E-state index is 0.0575. The molecule has 2 aromatic carbocycles. The lowest BCUT2D eigenvalue weighted by molar-refractivity contribution is 0.0986. The van der Waals surface area contributed by atoms with Gasteiger partial charge in [0.25, 0.3) is 5.91 Å². The van der Waals surface area contributed by atoms with E-state index in [2.05, 4.69) is 16.7 Å². The topological polar surface area (TPSA) is 43.7 Å². The number of carbonyl (C=O) groups is 1. The number of anilines is 1. The Labute approximate surface area is 158 Å². The Hall–Kier alpha value is -3.21. The lowest BCUT2D eigenvalue weighted by Crippen LogP contribution is -2.29. The van der Waals surface area contributed by atoms with Crippen LogP contribution < -0.4 is 14.4 Å². The van der Waals surface area contributed by atoms with Crippen LogP contribution in [0.1, 0.15) is 27.3 Å². The highest BCUT2D eigenvalue weighted by atomic mass is 16.5. The van der Waals surface area contributed by atoms with Crippen LogP contribution in [0.15, 0.2) is 48.5 Å². The van der Waals surface area contributed by atoms with E-state index in [1.807, 2.05) is 49.1 Å². The molecule has 2 heterocycles. The second-order valence-corrected chi connectivity index (χ2v) is 6.75. The number of aryl methyl sites for hydroxylation is 2. The van der Waals surface area contributed by atoms with Gasteiger partial charge in [-0.25, -0.2) is 0 Å². The highest BCUT2D eigenvalue weighted by molar-refractivity contribution is 6.09. The maximum absolute atomic E-state index is 13.5. The summed E-state index contributed by atoms with van der Waals surface area (Å²) in [5.41, 5.74) is 5.55. The first-order valence-corrected chi connectivity index (χ1v) is 8.85. The normalized spacial score (nSPS) is 13.0. The predicted molar refractivity (Wildman–Crippen MR) is 105 cm³/mol. The molecule has 138 valence electrons. The van der Waals surface area contributed by atoms with Crippen LogP contribution in [-0.2, 0) is 6.54 Å². The van der Waals surface area contributed by atoms with Gasteiger partial charge in [-0.15, -0.1) is 0 Å². The van der Waals surface area contributed by atoms with Crippen molar-refractivity contribution in [3.8, 4) is 17.2 Å². The zero-order chi connectivity index (χ0) is 19.1. The third kappa shape index (κ3) is 2.76. The molecule has 27 heavy (non-hydrogen) atoms. The van der Waals surface area contributed by atoms with Gasteiger partial charge in [-0.1, -0.05) is 17.7 Å². The summed E-state index contributed by atoms with van der Waals surface area (Å²) in [6.07, 6.45) is 0. The van der Waals surface area contributed by atoms with Gasteiger partial charge in [-0.05, 0) is 44.2 Å². The van der Waals surface area contributed by atoms with Gasteiger partial charge in [0.1, 0.15) is 0 Å². The molecule has 1 aromatic heterocycles. The van der Waals surface area contributed by atoms with Crippen molar-refractivity contribution in [2.45, 2.75) is 20.4 Å². The Morgan fingerprint density at radius 3 is 2.22 bits per heavy atom. The molecule has 0 saturated carbocycles. The van der Waals surface area contributed by atoms with E-state index in [0.29, 0.717) is 23.6 Å². The summed E-state index contributed by atoms with van der Waals surface area (Å²) in [7, 11) is 3.18. The fourth-order valence-electron chi connectivity index (χ4n) is 3.60. The molecule has 3 aromatic rings. The Morgan fingerprint density at radius 1 is 0.889 bits per heavy atom. The van der Waals surface area contributed by atoms with Crippen molar-refractivity contribution in [3.63, 3.8) is 0 Å². The second kappa shape index (κ2) is 6.50. The van der Waals surface area contributed by atoms with Gasteiger partial charge >= 0.3 is 0 Å². The standard InChI is InChI=1S/C22H22N2O3/c1-14-5-8-16(9-6-14)23-13-17-10-7-15(2)24(17)19-12-21(27-4)20(26-3)11-18(19)22(23)25/h5-12H,13H2,1-4H3. The summed E-state index contributed by atoms with van der Waals surface area (Å²) in [5.74, 6) is 1.09. The molecule has 0 aliphatic carbocycles. The fraction of sp³-hybridized carbons (Fsp3) is 0.227. The zero-order valence-electron chi connectivity index (χ0n) is 15.9. The van der Waals surface area contributed by atoms with Crippen molar-refractivity contribution in [2.75, 3.05) is 19.1 Å². The number of nitrogens with zero attached hydrogens (tertiary/aromatic N) is 2. The molecule has 5 heteroatoms. The van der Waals surface area contributed by atoms with E-state index >= 15 is 0 Å². The highest BCUT2D eigenvalue weighted by Gasteiger charge is 2.29. The molecular formula is C22H22N2O3. The zero-order valence-corrected chi connectivity index (χ0v) is 15.9. The molecule has 0 saturated heterocycles. The van der Waals surface area contributed by atoms with Gasteiger partial charge in [-0.3, -0.25) is 4.79 Å². The first-order valence-electron chi connectivity index (χ1n) is 8.85. The van der Waals surface area contributed by atoms with E-state index in [0.717, 1.165) is 28.3 Å². The van der Waals surface area contributed by atoms with E-state index < -0.39 is 0 Å². The van der Waals surface area contributed by atoms with Crippen molar-refractivity contribution < 1.29 is 14.3 Å². The smallest absolute Gasteiger partial charge is 0.260 e. The summed E-state index contributed by atoms with van der Waals surface area (Å²) >= 11 is 0. The number of fused-ring (bicyclic) bond motifs is 3. The van der Waals surface area contributed by atoms with Crippen LogP contribution in [0.5, 0.6) is 11.5 Å². The molecule has 0 radical (unpaired) electrons. The van der Waals surface area contributed by atoms with Gasteiger partial charge in [0.2, 0.25) is 0 Å². The number of methoxy groups -OCH3 is 2. The largest absolute Gasteiger partial charge is 0.493 e. The predicted octanol–water partition coefficient (Wildman–Crippen LogP) is 4.27. The molecule has 5 nitrogen and oxygen atoms in total. The number of carbonyl (C=O) groups excluding carboxylic acids is 1. The van der Waals surface area contributed by atoms with Crippen molar-refractivity contribution in [3.05, 3.63) is 71.0 Å². The molecule has 0 fully saturated rings. The van der Waals surface area contributed by atoms with Crippen LogP contribution >= 0.6 is 0 Å². The van der Waals surface area contributed by atoms with Crippen molar-refractivity contribution in [1.29, 1.82) is 0 Å². The molecule has 0 spiro atoms. The number of hydrogen-bond acceptors (Lipinski definition) is 3. The molecular weight excluding hydrogens is 340 g/mol. The van der Waals surface area contributed by atoms with E-state index in [-0.39, 0.29) is 5.91 Å². The van der Waals surface area contributed by atoms with Gasteiger partial charge in [-0.2, -0.15) is 0 Å². The molecule has 1 aliphatic heterocycles. The average molecular weight is 362 g/mol. The summed E-state index contributed by atoms with van der Waals surface area (Å²) in [6, 6.07) is 15.8. The van der Waals surface area contributed by atoms with Gasteiger partial charge in [0, 0.05) is 23.1 Å². The molecule has 0 atom stereocenters. The third-order valence-electron chi connectivity index (χ3n) is 5.04. The van der Waals surface area contributed by atoms with Crippen molar-refractivity contribution >= 4 is 11.6 Å². The number of aromatic nitrogens is 1. The number of hydrogen-bond donors (Lipinski definition) is 0. The Bertz CT molecular complexity index is 1020. The van der Waals surface area contributed by atoms with Gasteiger partial charge in [0.15, 0.2) is 11.5 Å². The van der Waals surface area contributed by atoms with Gasteiger partial charge in [0.05, 0.1) is 32.0 Å². The monoisotopic (exact) mass is 362 g/mol. The van der Waals surface area contributed by atoms with Crippen molar-refractivity contribution in [2.24, 2.45) is 0 Å². The molecule has 4 rings (SSSR count). The number of rotatable bonds is 3. The minimum atomic E-state index is -0.0575. The molecule has 0 N–H and O–H groups in total. The summed E-state index contributed by atoms with van der Waals surface area (Å²) < 4.78 is 13.0. The van der Waals surface area contributed by atoms with Crippen LogP contribution in [0.4, 0.5) is 5.69 Å². The number of benzene rings is 2. The quantitative estimate of drug-likeness (QED) is 0.699. The van der Waals surface area contributed by atoms with Crippen LogP contribution in [0, 0.1) is 13.8 Å². The lowest BCUT2D eigenvalue weighted by Gasteiger charge is -2.21. The molecule has 0 bridgehead atoms. The van der Waals surface area contributed by atoms with E-state index in [1.54, 1.807) is 20.3 Å². The summed E-state index contributed by atoms with van der Waals surface area (Å²) in [6.45, 7) is 4.57. The summed E-state index contributed by atoms with van der Waals surface area (Å²) in [5, 5.41) is 0. The maximum atomic E-state index is 13.5. The molecule has 1 amide bonds. The highest BCUT2D eigenvalue weighted by Crippen LogP contribution is 2.37. The van der Waals surface area contributed by atoms with Crippen LogP contribution in [0.3, 0.4) is 0 Å². The first-order chi connectivity index (χ1) is 13.0. The van der Waals surface area contributed by atoms with Crippen LogP contribution in [-0.4, -0.2) is 24.7 Å². The minimum Gasteiger partial charge on any atom is -0.493 e. The SMILES string of the molecule is COc1cc2c(cc1OC)-n1c(C)ccc1CN(c1ccc(C)cc1)C2=O. The lowest BCUT2D eigenvalue weighted by atomic mass is 10.1. The molecule has 0 unspecified atom stereocenters. The average Bonchev–Trinajstić information content (AvgIpc) is 2.99. The van der Waals surface area contributed by atoms with E-state index in [1.165, 1.54) is 0 Å². The number of amides is 1. The fourth-order valence-corrected chi connectivity index (χ4v) is 3.60.